The van der Waals surface area contributed by atoms with Crippen LogP contribution >= 0.6 is 0 Å². The highest BCUT2D eigenvalue weighted by Gasteiger charge is 2.21. The number of pyridine rings is 1. The molecule has 4 aromatic heterocycles. The summed E-state index contributed by atoms with van der Waals surface area (Å²) in [5.74, 6) is -0.449. The average Bonchev–Trinajstić information content (AvgIpc) is 3.29. The highest BCUT2D eigenvalue weighted by molar-refractivity contribution is 5.89. The maximum atomic E-state index is 13.9. The Kier molecular flexibility index (Phi) is 5.00. The fourth-order valence-electron chi connectivity index (χ4n) is 3.28. The molecule has 11 heteroatoms. The number of benzene rings is 1. The number of nitrogens with zero attached hydrogens (tertiary/aromatic N) is 8. The number of ether oxygens (including phenoxy) is 1. The number of hydrogen-bond acceptors (Lipinski definition) is 9. The number of nitrogen functional groups attached to an aromatic ring is 1. The average molecular weight is 439 g/mol. The molecule has 0 saturated carbocycles. The molecule has 0 aliphatic rings. The second kappa shape index (κ2) is 8.27. The van der Waals surface area contributed by atoms with Crippen molar-refractivity contribution < 1.29 is 9.13 Å². The lowest BCUT2D eigenvalue weighted by Crippen LogP contribution is -2.06. The Labute approximate surface area is 186 Å². The fraction of sp³-hybridized carbons (Fsp3) is 0.0455. The summed E-state index contributed by atoms with van der Waals surface area (Å²) in [4.78, 5) is 21.2. The van der Waals surface area contributed by atoms with Crippen LogP contribution in [0.1, 0.15) is 11.3 Å². The van der Waals surface area contributed by atoms with Gasteiger partial charge in [0.25, 0.3) is 0 Å². The number of fused-ring (bicyclic) bond motifs is 1. The molecule has 1 aromatic carbocycles. The third-order valence-corrected chi connectivity index (χ3v) is 4.77. The number of anilines is 1. The lowest BCUT2D eigenvalue weighted by Gasteiger charge is -2.11. The molecule has 0 aliphatic carbocycles. The maximum absolute atomic E-state index is 13.9. The predicted octanol–water partition coefficient (Wildman–Crippen LogP) is 2.82. The normalized spacial score (nSPS) is 10.8. The van der Waals surface area contributed by atoms with Crippen LogP contribution < -0.4 is 10.5 Å². The zero-order chi connectivity index (χ0) is 22.8. The molecule has 4 heterocycles. The third kappa shape index (κ3) is 3.77. The Bertz CT molecular complexity index is 1510. The quantitative estimate of drug-likeness (QED) is 0.437. The van der Waals surface area contributed by atoms with E-state index in [0.717, 1.165) is 0 Å². The summed E-state index contributed by atoms with van der Waals surface area (Å²) in [6.45, 7) is -0.170. The number of halogens is 1. The van der Waals surface area contributed by atoms with Crippen LogP contribution in [-0.4, -0.2) is 34.5 Å². The minimum Gasteiger partial charge on any atom is -0.456 e. The van der Waals surface area contributed by atoms with E-state index in [9.17, 15) is 9.65 Å². The largest absolute Gasteiger partial charge is 0.456 e. The first-order valence-electron chi connectivity index (χ1n) is 9.69. The number of rotatable bonds is 5. The van der Waals surface area contributed by atoms with Crippen molar-refractivity contribution in [3.8, 4) is 34.6 Å². The summed E-state index contributed by atoms with van der Waals surface area (Å²) >= 11 is 0. The first kappa shape index (κ1) is 20.0. The summed E-state index contributed by atoms with van der Waals surface area (Å²) in [5.41, 5.74) is 9.25. The van der Waals surface area contributed by atoms with Crippen molar-refractivity contribution in [2.24, 2.45) is 0 Å². The first-order chi connectivity index (χ1) is 16.1. The van der Waals surface area contributed by atoms with Crippen molar-refractivity contribution >= 4 is 11.6 Å². The molecule has 33 heavy (non-hydrogen) atoms. The highest BCUT2D eigenvalue weighted by atomic mass is 19.1. The first-order valence-corrected chi connectivity index (χ1v) is 9.69. The Morgan fingerprint density at radius 3 is 2.79 bits per heavy atom. The van der Waals surface area contributed by atoms with Crippen LogP contribution in [0.3, 0.4) is 0 Å². The number of aromatic nitrogens is 7. The summed E-state index contributed by atoms with van der Waals surface area (Å²) in [6, 6.07) is 13.5. The topological polar surface area (TPSA) is 141 Å². The molecule has 5 aromatic rings. The van der Waals surface area contributed by atoms with Gasteiger partial charge in [0.2, 0.25) is 5.95 Å². The van der Waals surface area contributed by atoms with E-state index in [1.54, 1.807) is 36.5 Å². The maximum Gasteiger partial charge on any atom is 0.336 e. The van der Waals surface area contributed by atoms with Gasteiger partial charge in [0.15, 0.2) is 5.65 Å². The molecule has 160 valence electrons. The van der Waals surface area contributed by atoms with Crippen LogP contribution in [-0.2, 0) is 6.61 Å². The second-order valence-corrected chi connectivity index (χ2v) is 6.83. The molecule has 10 nitrogen and oxygen atoms in total. The lowest BCUT2D eigenvalue weighted by molar-refractivity contribution is 0.271. The summed E-state index contributed by atoms with van der Waals surface area (Å²) in [5, 5.41) is 13.6. The SMILES string of the molecule is N#Cc1cccc(-c2nc(N)n3nc(OCc4ncccc4F)nc3c2-c2ccncn2)c1. The molecule has 0 atom stereocenters. The second-order valence-electron chi connectivity index (χ2n) is 6.83. The Morgan fingerprint density at radius 1 is 1.09 bits per heavy atom. The van der Waals surface area contributed by atoms with E-state index in [0.29, 0.717) is 33.7 Å². The highest BCUT2D eigenvalue weighted by Crippen LogP contribution is 2.34. The van der Waals surface area contributed by atoms with Gasteiger partial charge >= 0.3 is 6.01 Å². The van der Waals surface area contributed by atoms with Crippen molar-refractivity contribution in [3.05, 3.63) is 78.3 Å². The Hall–Kier alpha value is -4.98. The monoisotopic (exact) mass is 439 g/mol. The molecule has 0 unspecified atom stereocenters. The van der Waals surface area contributed by atoms with Crippen LogP contribution in [0, 0.1) is 17.1 Å². The van der Waals surface area contributed by atoms with Crippen LogP contribution in [0.2, 0.25) is 0 Å². The van der Waals surface area contributed by atoms with Crippen molar-refractivity contribution in [3.63, 3.8) is 0 Å². The van der Waals surface area contributed by atoms with Gasteiger partial charge in [-0.15, -0.1) is 5.10 Å². The molecule has 0 fully saturated rings. The van der Waals surface area contributed by atoms with Gasteiger partial charge in [-0.1, -0.05) is 12.1 Å². The smallest absolute Gasteiger partial charge is 0.336 e. The van der Waals surface area contributed by atoms with E-state index >= 15 is 0 Å². The molecule has 2 N–H and O–H groups in total. The molecule has 0 spiro atoms. The van der Waals surface area contributed by atoms with Gasteiger partial charge in [-0.25, -0.2) is 19.3 Å². The van der Waals surface area contributed by atoms with E-state index in [-0.39, 0.29) is 24.3 Å². The van der Waals surface area contributed by atoms with Gasteiger partial charge < -0.3 is 10.5 Å². The van der Waals surface area contributed by atoms with E-state index < -0.39 is 5.82 Å². The molecule has 0 radical (unpaired) electrons. The molecule has 0 aliphatic heterocycles. The summed E-state index contributed by atoms with van der Waals surface area (Å²) in [6.07, 6.45) is 4.45. The summed E-state index contributed by atoms with van der Waals surface area (Å²) < 4.78 is 20.8. The number of hydrogen-bond donors (Lipinski definition) is 1. The number of nitriles is 1. The Morgan fingerprint density at radius 2 is 2.00 bits per heavy atom. The zero-order valence-electron chi connectivity index (χ0n) is 16.9. The fourth-order valence-corrected chi connectivity index (χ4v) is 3.28. The summed E-state index contributed by atoms with van der Waals surface area (Å²) in [7, 11) is 0. The van der Waals surface area contributed by atoms with Gasteiger partial charge in [0, 0.05) is 18.0 Å². The van der Waals surface area contributed by atoms with E-state index in [1.165, 1.54) is 29.2 Å². The Balaban J connectivity index is 1.66. The van der Waals surface area contributed by atoms with Gasteiger partial charge in [0.05, 0.1) is 28.6 Å². The van der Waals surface area contributed by atoms with Crippen molar-refractivity contribution in [2.75, 3.05) is 5.73 Å². The molecule has 0 amide bonds. The van der Waals surface area contributed by atoms with Gasteiger partial charge in [0.1, 0.15) is 24.4 Å². The van der Waals surface area contributed by atoms with E-state index in [4.69, 9.17) is 10.5 Å². The molecule has 0 bridgehead atoms. The van der Waals surface area contributed by atoms with E-state index in [2.05, 4.69) is 36.1 Å². The van der Waals surface area contributed by atoms with Crippen LogP contribution in [0.25, 0.3) is 28.2 Å². The van der Waals surface area contributed by atoms with Gasteiger partial charge in [-0.3, -0.25) is 4.98 Å². The van der Waals surface area contributed by atoms with Crippen LogP contribution in [0.4, 0.5) is 10.3 Å². The molecule has 5 rings (SSSR count). The predicted molar refractivity (Wildman–Crippen MR) is 115 cm³/mol. The van der Waals surface area contributed by atoms with Gasteiger partial charge in [-0.05, 0) is 30.3 Å². The third-order valence-electron chi connectivity index (χ3n) is 4.77. The number of nitrogens with two attached hydrogens (primary N) is 1. The molecular weight excluding hydrogens is 425 g/mol. The lowest BCUT2D eigenvalue weighted by atomic mass is 10.0. The molecule has 0 saturated heterocycles. The van der Waals surface area contributed by atoms with Crippen molar-refractivity contribution in [1.82, 2.24) is 34.5 Å². The van der Waals surface area contributed by atoms with Crippen LogP contribution in [0.5, 0.6) is 6.01 Å². The van der Waals surface area contributed by atoms with Gasteiger partial charge in [-0.2, -0.15) is 14.8 Å². The minimum absolute atomic E-state index is 0.0354. The minimum atomic E-state index is -0.496. The van der Waals surface area contributed by atoms with Crippen molar-refractivity contribution in [2.45, 2.75) is 6.61 Å². The molecular formula is C22H14FN9O. The standard InChI is InChI=1S/C22H14FN9O/c23-15-5-2-7-27-17(15)11-33-22-30-20-18(16-6-8-26-12-28-16)19(29-21(25)32(20)31-22)14-4-1-3-13(9-14)10-24/h1-9,12H,11H2,(H2,25,29). The van der Waals surface area contributed by atoms with Crippen LogP contribution in [0.15, 0.2) is 61.2 Å². The van der Waals surface area contributed by atoms with E-state index in [1.807, 2.05) is 0 Å². The van der Waals surface area contributed by atoms with Crippen molar-refractivity contribution in [1.29, 1.82) is 5.26 Å². The zero-order valence-corrected chi connectivity index (χ0v) is 16.9.